The molecule has 17 heavy (non-hydrogen) atoms. The summed E-state index contributed by atoms with van der Waals surface area (Å²) in [5.41, 5.74) is 5.91. The Labute approximate surface area is 107 Å². The van der Waals surface area contributed by atoms with Crippen LogP contribution in [0.15, 0.2) is 0 Å². The molecule has 0 spiro atoms. The van der Waals surface area contributed by atoms with Gasteiger partial charge in [0.2, 0.25) is 10.0 Å². The molecule has 0 saturated carbocycles. The van der Waals surface area contributed by atoms with Crippen molar-refractivity contribution in [2.75, 3.05) is 19.3 Å². The number of hydrogen-bond acceptors (Lipinski definition) is 3. The largest absolute Gasteiger partial charge is 0.327 e. The van der Waals surface area contributed by atoms with E-state index in [1.807, 2.05) is 13.8 Å². The van der Waals surface area contributed by atoms with Crippen molar-refractivity contribution in [3.63, 3.8) is 0 Å². The molecular weight excluding hydrogens is 236 g/mol. The van der Waals surface area contributed by atoms with Crippen molar-refractivity contribution in [3.05, 3.63) is 0 Å². The van der Waals surface area contributed by atoms with Gasteiger partial charge in [-0.2, -0.15) is 0 Å². The van der Waals surface area contributed by atoms with Crippen LogP contribution < -0.4 is 5.73 Å². The van der Waals surface area contributed by atoms with E-state index in [0.29, 0.717) is 24.8 Å². The Morgan fingerprint density at radius 2 is 1.65 bits per heavy atom. The lowest BCUT2D eigenvalue weighted by molar-refractivity contribution is 0.396. The summed E-state index contributed by atoms with van der Waals surface area (Å²) >= 11 is 0. The molecule has 2 N–H and O–H groups in total. The standard InChI is InChI=1S/C12H28N2O2S/c1-10(2)7-9-17(15,16)14(5)8-6-12(13)11(3)4/h10-12H,6-9,13H2,1-5H3. The highest BCUT2D eigenvalue weighted by Gasteiger charge is 2.19. The minimum absolute atomic E-state index is 0.0674. The number of nitrogens with zero attached hydrogens (tertiary/aromatic N) is 1. The summed E-state index contributed by atoms with van der Waals surface area (Å²) in [5.74, 6) is 1.04. The third kappa shape index (κ3) is 7.01. The third-order valence-electron chi connectivity index (χ3n) is 3.06. The molecule has 0 saturated heterocycles. The quantitative estimate of drug-likeness (QED) is 0.725. The van der Waals surface area contributed by atoms with Crippen molar-refractivity contribution < 1.29 is 8.42 Å². The molecule has 5 heteroatoms. The predicted molar refractivity (Wildman–Crippen MR) is 73.3 cm³/mol. The SMILES string of the molecule is CC(C)CCS(=O)(=O)N(C)CCC(N)C(C)C. The van der Waals surface area contributed by atoms with Crippen molar-refractivity contribution in [2.45, 2.75) is 46.6 Å². The van der Waals surface area contributed by atoms with Gasteiger partial charge in [0, 0.05) is 19.6 Å². The number of hydrogen-bond donors (Lipinski definition) is 1. The fourth-order valence-electron chi connectivity index (χ4n) is 1.34. The van der Waals surface area contributed by atoms with E-state index in [0.717, 1.165) is 6.42 Å². The van der Waals surface area contributed by atoms with Crippen LogP contribution in [0.3, 0.4) is 0 Å². The first-order valence-corrected chi connectivity index (χ1v) is 7.97. The molecular formula is C12H28N2O2S. The van der Waals surface area contributed by atoms with Crippen molar-refractivity contribution in [3.8, 4) is 0 Å². The maximum atomic E-state index is 11.9. The number of sulfonamides is 1. The second kappa shape index (κ2) is 7.34. The lowest BCUT2D eigenvalue weighted by Gasteiger charge is -2.21. The molecule has 0 aliphatic rings. The maximum Gasteiger partial charge on any atom is 0.213 e. The molecule has 0 amide bonds. The first-order valence-electron chi connectivity index (χ1n) is 6.36. The van der Waals surface area contributed by atoms with Crippen LogP contribution in [0.1, 0.15) is 40.5 Å². The monoisotopic (exact) mass is 264 g/mol. The molecule has 0 bridgehead atoms. The van der Waals surface area contributed by atoms with Gasteiger partial charge in [0.05, 0.1) is 5.75 Å². The van der Waals surface area contributed by atoms with Crippen LogP contribution in [0.5, 0.6) is 0 Å². The van der Waals surface area contributed by atoms with Gasteiger partial charge in [-0.15, -0.1) is 0 Å². The average Bonchev–Trinajstić information content (AvgIpc) is 2.22. The first kappa shape index (κ1) is 16.9. The van der Waals surface area contributed by atoms with Gasteiger partial charge < -0.3 is 5.73 Å². The molecule has 1 atom stereocenters. The topological polar surface area (TPSA) is 63.4 Å². The van der Waals surface area contributed by atoms with E-state index < -0.39 is 10.0 Å². The van der Waals surface area contributed by atoms with E-state index in [2.05, 4.69) is 13.8 Å². The Morgan fingerprint density at radius 3 is 2.06 bits per heavy atom. The first-order chi connectivity index (χ1) is 7.66. The lowest BCUT2D eigenvalue weighted by atomic mass is 10.0. The van der Waals surface area contributed by atoms with Gasteiger partial charge in [-0.1, -0.05) is 27.7 Å². The molecule has 0 heterocycles. The van der Waals surface area contributed by atoms with Gasteiger partial charge in [-0.25, -0.2) is 12.7 Å². The van der Waals surface area contributed by atoms with E-state index in [9.17, 15) is 8.42 Å². The predicted octanol–water partition coefficient (Wildman–Crippen LogP) is 1.67. The van der Waals surface area contributed by atoms with Gasteiger partial charge in [-0.05, 0) is 24.7 Å². The Morgan fingerprint density at radius 1 is 1.12 bits per heavy atom. The zero-order valence-electron chi connectivity index (χ0n) is 11.8. The summed E-state index contributed by atoms with van der Waals surface area (Å²) in [6.45, 7) is 8.68. The minimum atomic E-state index is -3.10. The fraction of sp³-hybridized carbons (Fsp3) is 1.00. The second-order valence-corrected chi connectivity index (χ2v) is 7.71. The van der Waals surface area contributed by atoms with Crippen molar-refractivity contribution in [2.24, 2.45) is 17.6 Å². The van der Waals surface area contributed by atoms with E-state index >= 15 is 0 Å². The van der Waals surface area contributed by atoms with Gasteiger partial charge in [0.1, 0.15) is 0 Å². The summed E-state index contributed by atoms with van der Waals surface area (Å²) in [5, 5.41) is 0. The Kier molecular flexibility index (Phi) is 7.28. The summed E-state index contributed by atoms with van der Waals surface area (Å²) in [7, 11) is -1.46. The average molecular weight is 264 g/mol. The highest BCUT2D eigenvalue weighted by molar-refractivity contribution is 7.89. The fourth-order valence-corrected chi connectivity index (χ4v) is 2.81. The highest BCUT2D eigenvalue weighted by atomic mass is 32.2. The number of rotatable bonds is 8. The molecule has 0 aromatic heterocycles. The van der Waals surface area contributed by atoms with Crippen LogP contribution in [0.4, 0.5) is 0 Å². The zero-order chi connectivity index (χ0) is 13.6. The molecule has 0 aliphatic heterocycles. The molecule has 0 rings (SSSR count). The number of nitrogens with two attached hydrogens (primary N) is 1. The minimum Gasteiger partial charge on any atom is -0.327 e. The van der Waals surface area contributed by atoms with Crippen LogP contribution in [-0.2, 0) is 10.0 Å². The Hall–Kier alpha value is -0.130. The summed E-state index contributed by atoms with van der Waals surface area (Å²) in [6.07, 6.45) is 1.43. The van der Waals surface area contributed by atoms with E-state index in [-0.39, 0.29) is 11.8 Å². The van der Waals surface area contributed by atoms with Gasteiger partial charge in [0.15, 0.2) is 0 Å². The second-order valence-electron chi connectivity index (χ2n) is 5.52. The van der Waals surface area contributed by atoms with Crippen molar-refractivity contribution in [1.29, 1.82) is 0 Å². The Bertz CT molecular complexity index is 300. The summed E-state index contributed by atoms with van der Waals surface area (Å²) < 4.78 is 25.2. The van der Waals surface area contributed by atoms with Crippen molar-refractivity contribution >= 4 is 10.0 Å². The molecule has 104 valence electrons. The highest BCUT2D eigenvalue weighted by Crippen LogP contribution is 2.09. The molecule has 1 unspecified atom stereocenters. The van der Waals surface area contributed by atoms with Crippen LogP contribution in [0.25, 0.3) is 0 Å². The molecule has 0 aromatic carbocycles. The van der Waals surface area contributed by atoms with Gasteiger partial charge >= 0.3 is 0 Å². The third-order valence-corrected chi connectivity index (χ3v) is 4.95. The zero-order valence-corrected chi connectivity index (χ0v) is 12.6. The summed E-state index contributed by atoms with van der Waals surface area (Å²) in [6, 6.07) is 0.0674. The summed E-state index contributed by atoms with van der Waals surface area (Å²) in [4.78, 5) is 0. The Balaban J connectivity index is 4.16. The lowest BCUT2D eigenvalue weighted by Crippen LogP contribution is -2.35. The smallest absolute Gasteiger partial charge is 0.213 e. The van der Waals surface area contributed by atoms with E-state index in [4.69, 9.17) is 5.73 Å². The normalized spacial score (nSPS) is 14.9. The van der Waals surface area contributed by atoms with Crippen LogP contribution >= 0.6 is 0 Å². The molecule has 4 nitrogen and oxygen atoms in total. The van der Waals surface area contributed by atoms with Gasteiger partial charge in [0.25, 0.3) is 0 Å². The van der Waals surface area contributed by atoms with Crippen LogP contribution in [0.2, 0.25) is 0 Å². The molecule has 0 fully saturated rings. The molecule has 0 radical (unpaired) electrons. The maximum absolute atomic E-state index is 11.9. The van der Waals surface area contributed by atoms with Crippen LogP contribution in [-0.4, -0.2) is 38.1 Å². The van der Waals surface area contributed by atoms with E-state index in [1.54, 1.807) is 7.05 Å². The van der Waals surface area contributed by atoms with Crippen LogP contribution in [0, 0.1) is 11.8 Å². The molecule has 0 aromatic rings. The molecule has 0 aliphatic carbocycles. The van der Waals surface area contributed by atoms with Crippen molar-refractivity contribution in [1.82, 2.24) is 4.31 Å². The van der Waals surface area contributed by atoms with Gasteiger partial charge in [-0.3, -0.25) is 0 Å². The van der Waals surface area contributed by atoms with E-state index in [1.165, 1.54) is 4.31 Å².